The summed E-state index contributed by atoms with van der Waals surface area (Å²) in [7, 11) is 1.78. The van der Waals surface area contributed by atoms with E-state index in [4.69, 9.17) is 0 Å². The molecule has 0 aliphatic rings. The first-order valence-electron chi connectivity index (χ1n) is 7.01. The number of hydrogen-bond acceptors (Lipinski definition) is 3. The zero-order valence-electron chi connectivity index (χ0n) is 13.8. The Balaban J connectivity index is 0. The van der Waals surface area contributed by atoms with Crippen LogP contribution in [0.25, 0.3) is 0 Å². The Kier molecular flexibility index (Phi) is 13.3. The molecule has 0 spiro atoms. The molecule has 0 fully saturated rings. The summed E-state index contributed by atoms with van der Waals surface area (Å²) < 4.78 is 24.3. The molecule has 0 saturated carbocycles. The van der Waals surface area contributed by atoms with Crippen LogP contribution >= 0.6 is 0 Å². The first-order chi connectivity index (χ1) is 10.0. The number of nitrogens with zero attached hydrogens (tertiary/aromatic N) is 2. The van der Waals surface area contributed by atoms with Crippen molar-refractivity contribution in [2.45, 2.75) is 41.2 Å². The summed E-state index contributed by atoms with van der Waals surface area (Å²) in [5.74, 6) is -0.279. The zero-order chi connectivity index (χ0) is 16.8. The zero-order valence-corrected chi connectivity index (χ0v) is 13.8. The van der Waals surface area contributed by atoms with E-state index in [-0.39, 0.29) is 5.82 Å². The molecular formula is C16H26F2N2O. The summed E-state index contributed by atoms with van der Waals surface area (Å²) in [5.41, 5.74) is 1.80. The molecule has 0 atom stereocenters. The molecule has 0 saturated heterocycles. The normalized spacial score (nSPS) is 9.62. The molecule has 0 bridgehead atoms. The molecule has 1 aromatic rings. The number of allylic oxidation sites excluding steroid dienone is 1. The average molecular weight is 300 g/mol. The van der Waals surface area contributed by atoms with Crippen molar-refractivity contribution in [3.8, 4) is 0 Å². The van der Waals surface area contributed by atoms with Crippen molar-refractivity contribution in [3.05, 3.63) is 47.9 Å². The topological polar surface area (TPSA) is 24.8 Å². The molecule has 0 unspecified atom stereocenters. The van der Waals surface area contributed by atoms with Crippen LogP contribution in [0.4, 0.5) is 8.92 Å². The van der Waals surface area contributed by atoms with Crippen molar-refractivity contribution in [2.75, 3.05) is 7.05 Å². The number of rotatable bonds is 5. The molecular weight excluding hydrogens is 274 g/mol. The molecule has 3 nitrogen and oxygen atoms in total. The molecule has 0 amide bonds. The summed E-state index contributed by atoms with van der Waals surface area (Å²) in [6.45, 7) is 13.9. The molecule has 21 heavy (non-hydrogen) atoms. The lowest BCUT2D eigenvalue weighted by Crippen LogP contribution is -2.21. The number of hydrogen-bond donors (Lipinski definition) is 0. The third-order valence-corrected chi connectivity index (χ3v) is 2.38. The van der Waals surface area contributed by atoms with E-state index in [2.05, 4.69) is 16.8 Å². The van der Waals surface area contributed by atoms with Crippen molar-refractivity contribution in [3.63, 3.8) is 0 Å². The van der Waals surface area contributed by atoms with E-state index in [1.54, 1.807) is 31.0 Å². The van der Waals surface area contributed by atoms with Crippen LogP contribution in [0.15, 0.2) is 41.7 Å². The van der Waals surface area contributed by atoms with Gasteiger partial charge in [-0.05, 0) is 29.8 Å². The van der Waals surface area contributed by atoms with E-state index in [1.807, 2.05) is 27.7 Å². The second-order valence-corrected chi connectivity index (χ2v) is 3.67. The van der Waals surface area contributed by atoms with Crippen LogP contribution in [-0.4, -0.2) is 17.7 Å². The third kappa shape index (κ3) is 8.78. The maximum absolute atomic E-state index is 12.7. The fourth-order valence-electron chi connectivity index (χ4n) is 1.34. The van der Waals surface area contributed by atoms with Crippen molar-refractivity contribution in [1.29, 1.82) is 0 Å². The van der Waals surface area contributed by atoms with Crippen molar-refractivity contribution in [2.24, 2.45) is 5.16 Å². The Hall–Kier alpha value is -1.91. The van der Waals surface area contributed by atoms with E-state index in [0.717, 1.165) is 5.56 Å². The van der Waals surface area contributed by atoms with Gasteiger partial charge in [-0.1, -0.05) is 46.4 Å². The van der Waals surface area contributed by atoms with Crippen LogP contribution < -0.4 is 0 Å². The Bertz CT molecular complexity index is 417. The lowest BCUT2D eigenvalue weighted by Gasteiger charge is -2.20. The van der Waals surface area contributed by atoms with Crippen molar-refractivity contribution >= 4 is 5.71 Å². The van der Waals surface area contributed by atoms with Crippen LogP contribution in [0.3, 0.4) is 0 Å². The Labute approximate surface area is 126 Å². The van der Waals surface area contributed by atoms with Crippen molar-refractivity contribution in [1.82, 2.24) is 4.90 Å². The molecule has 0 aliphatic heterocycles. The predicted octanol–water partition coefficient (Wildman–Crippen LogP) is 5.10. The second-order valence-electron chi connectivity index (χ2n) is 3.67. The fraction of sp³-hybridized carbons (Fsp3) is 0.438. The molecule has 1 rings (SSSR count). The van der Waals surface area contributed by atoms with Gasteiger partial charge in [0, 0.05) is 18.1 Å². The minimum absolute atomic E-state index is 0.279. The number of halogens is 2. The highest BCUT2D eigenvalue weighted by atomic mass is 19.3. The highest BCUT2D eigenvalue weighted by Gasteiger charge is 2.07. The molecule has 5 heteroatoms. The summed E-state index contributed by atoms with van der Waals surface area (Å²) in [5, 5.41) is 6.34. The van der Waals surface area contributed by atoms with Crippen LogP contribution in [0.2, 0.25) is 0 Å². The van der Waals surface area contributed by atoms with Gasteiger partial charge in [0.1, 0.15) is 11.5 Å². The van der Waals surface area contributed by atoms with Crippen LogP contribution in [-0.2, 0) is 11.6 Å². The summed E-state index contributed by atoms with van der Waals surface area (Å²) in [6.07, 6.45) is 0. The number of benzene rings is 1. The Morgan fingerprint density at radius 2 is 1.67 bits per heavy atom. The van der Waals surface area contributed by atoms with E-state index in [1.165, 1.54) is 12.1 Å². The predicted molar refractivity (Wildman–Crippen MR) is 85.0 cm³/mol. The van der Waals surface area contributed by atoms with Crippen molar-refractivity contribution < 1.29 is 14.0 Å². The average Bonchev–Trinajstić information content (AvgIpc) is 2.53. The van der Waals surface area contributed by atoms with Gasteiger partial charge in [-0.2, -0.15) is 5.04 Å². The maximum atomic E-state index is 12.7. The summed E-state index contributed by atoms with van der Waals surface area (Å²) >= 11 is 0. The van der Waals surface area contributed by atoms with Gasteiger partial charge in [-0.3, -0.25) is 0 Å². The van der Waals surface area contributed by atoms with E-state index in [0.29, 0.717) is 18.0 Å². The highest BCUT2D eigenvalue weighted by Crippen LogP contribution is 2.10. The van der Waals surface area contributed by atoms with Gasteiger partial charge in [-0.15, -0.1) is 0 Å². The highest BCUT2D eigenvalue weighted by molar-refractivity contribution is 5.96. The summed E-state index contributed by atoms with van der Waals surface area (Å²) in [6, 6.07) is 6.13. The molecule has 0 aliphatic carbocycles. The van der Waals surface area contributed by atoms with E-state index in [9.17, 15) is 8.92 Å². The maximum Gasteiger partial charge on any atom is 0.123 e. The van der Waals surface area contributed by atoms with Gasteiger partial charge >= 0.3 is 0 Å². The molecule has 120 valence electrons. The first kappa shape index (κ1) is 21.4. The minimum atomic E-state index is -0.279. The van der Waals surface area contributed by atoms with Crippen LogP contribution in [0.1, 0.15) is 40.2 Å². The third-order valence-electron chi connectivity index (χ3n) is 2.38. The van der Waals surface area contributed by atoms with Gasteiger partial charge in [0.15, 0.2) is 0 Å². The van der Waals surface area contributed by atoms with Gasteiger partial charge in [0.25, 0.3) is 0 Å². The second kappa shape index (κ2) is 13.1. The smallest absolute Gasteiger partial charge is 0.123 e. The monoisotopic (exact) mass is 300 g/mol. The molecule has 1 aromatic carbocycles. The molecule has 0 radical (unpaired) electrons. The van der Waals surface area contributed by atoms with Crippen LogP contribution in [0.5, 0.6) is 0 Å². The van der Waals surface area contributed by atoms with E-state index >= 15 is 0 Å². The minimum Gasteiger partial charge on any atom is -0.369 e. The van der Waals surface area contributed by atoms with Gasteiger partial charge < -0.3 is 4.90 Å². The standard InChI is InChI=1S/C12H14F2N2O.2C2H6/c1-9(15-17-14)10(2)16(3)8-11-4-6-12(13)7-5-11;2*1-2/h4-7H,2,8H2,1,3H3;2*1-2H3/b15-9+;;. The molecule has 0 aromatic heterocycles. The Morgan fingerprint density at radius 3 is 2.10 bits per heavy atom. The molecule has 0 N–H and O–H groups in total. The fourth-order valence-corrected chi connectivity index (χ4v) is 1.34. The number of oxime groups is 1. The quantitative estimate of drug-likeness (QED) is 0.558. The van der Waals surface area contributed by atoms with Crippen LogP contribution in [0, 0.1) is 5.82 Å². The Morgan fingerprint density at radius 1 is 1.19 bits per heavy atom. The van der Waals surface area contributed by atoms with Gasteiger partial charge in [0.05, 0.1) is 5.70 Å². The lowest BCUT2D eigenvalue weighted by molar-refractivity contribution is -0.131. The SMILES string of the molecule is C=C(/C(C)=N/OF)N(C)Cc1ccc(F)cc1.CC.CC. The summed E-state index contributed by atoms with van der Waals surface area (Å²) in [4.78, 5) is 1.77. The van der Waals surface area contributed by atoms with Gasteiger partial charge in [0.2, 0.25) is 0 Å². The lowest BCUT2D eigenvalue weighted by atomic mass is 10.2. The van der Waals surface area contributed by atoms with Gasteiger partial charge in [-0.25, -0.2) is 4.39 Å². The molecule has 0 heterocycles. The first-order valence-corrected chi connectivity index (χ1v) is 7.01. The largest absolute Gasteiger partial charge is 0.369 e. The van der Waals surface area contributed by atoms with E-state index < -0.39 is 0 Å².